The van der Waals surface area contributed by atoms with Gasteiger partial charge in [0.1, 0.15) is 5.75 Å². The first-order valence-electron chi connectivity index (χ1n) is 5.75. The summed E-state index contributed by atoms with van der Waals surface area (Å²) in [6, 6.07) is 1.96. The van der Waals surface area contributed by atoms with E-state index in [0.717, 1.165) is 12.1 Å². The Kier molecular flexibility index (Phi) is 3.76. The van der Waals surface area contributed by atoms with Gasteiger partial charge >= 0.3 is 0 Å². The number of nitrogens with two attached hydrogens (primary N) is 1. The van der Waals surface area contributed by atoms with Crippen molar-refractivity contribution in [3.8, 4) is 5.75 Å². The van der Waals surface area contributed by atoms with Crippen molar-refractivity contribution in [1.29, 1.82) is 0 Å². The van der Waals surface area contributed by atoms with E-state index in [2.05, 4.69) is 0 Å². The van der Waals surface area contributed by atoms with Gasteiger partial charge in [0.2, 0.25) is 5.91 Å². The molecule has 0 aromatic heterocycles. The molecule has 1 amide bonds. The van der Waals surface area contributed by atoms with E-state index in [1.54, 1.807) is 0 Å². The van der Waals surface area contributed by atoms with Gasteiger partial charge in [0.15, 0.2) is 11.6 Å². The van der Waals surface area contributed by atoms with Gasteiger partial charge in [0.25, 0.3) is 0 Å². The van der Waals surface area contributed by atoms with Gasteiger partial charge in [0, 0.05) is 18.7 Å². The topological polar surface area (TPSA) is 55.6 Å². The van der Waals surface area contributed by atoms with Crippen molar-refractivity contribution in [2.45, 2.75) is 12.8 Å². The minimum Gasteiger partial charge on any atom is -0.491 e. The number of hydrogen-bond donors (Lipinski definition) is 1. The minimum absolute atomic E-state index is 0.163. The third kappa shape index (κ3) is 2.43. The Balaban J connectivity index is 2.40. The van der Waals surface area contributed by atoms with Gasteiger partial charge in [-0.15, -0.1) is 0 Å². The van der Waals surface area contributed by atoms with Gasteiger partial charge in [-0.3, -0.25) is 4.79 Å². The Morgan fingerprint density at radius 1 is 1.33 bits per heavy atom. The number of fused-ring (bicyclic) bond motifs is 1. The van der Waals surface area contributed by atoms with Crippen LogP contribution in [0.1, 0.15) is 12.8 Å². The molecule has 98 valence electrons. The molecule has 0 saturated heterocycles. The molecule has 1 aromatic rings. The van der Waals surface area contributed by atoms with E-state index in [1.807, 2.05) is 0 Å². The summed E-state index contributed by atoms with van der Waals surface area (Å²) in [6.07, 6.45) is 0.771. The fourth-order valence-electron chi connectivity index (χ4n) is 1.86. The van der Waals surface area contributed by atoms with E-state index in [0.29, 0.717) is 19.5 Å². The van der Waals surface area contributed by atoms with Crippen molar-refractivity contribution in [2.75, 3.05) is 24.6 Å². The number of rotatable bonds is 3. The highest BCUT2D eigenvalue weighted by Crippen LogP contribution is 2.33. The van der Waals surface area contributed by atoms with Gasteiger partial charge in [-0.1, -0.05) is 0 Å². The molecule has 6 heteroatoms. The number of benzene rings is 1. The highest BCUT2D eigenvalue weighted by molar-refractivity contribution is 5.95. The number of amides is 1. The summed E-state index contributed by atoms with van der Waals surface area (Å²) >= 11 is 0. The first kappa shape index (κ1) is 12.8. The van der Waals surface area contributed by atoms with Crippen LogP contribution in [0.3, 0.4) is 0 Å². The quantitative estimate of drug-likeness (QED) is 0.890. The average Bonchev–Trinajstić information content (AvgIpc) is 2.48. The van der Waals surface area contributed by atoms with E-state index < -0.39 is 11.6 Å². The largest absolute Gasteiger partial charge is 0.491 e. The second-order valence-electron chi connectivity index (χ2n) is 4.02. The molecule has 2 rings (SSSR count). The van der Waals surface area contributed by atoms with E-state index in [1.165, 1.54) is 4.90 Å². The van der Waals surface area contributed by atoms with Crippen LogP contribution in [0.5, 0.6) is 5.75 Å². The Labute approximate surface area is 103 Å². The zero-order valence-electron chi connectivity index (χ0n) is 9.79. The second kappa shape index (κ2) is 5.30. The lowest BCUT2D eigenvalue weighted by Crippen LogP contribution is -2.32. The van der Waals surface area contributed by atoms with Crippen LogP contribution in [0.4, 0.5) is 14.5 Å². The number of anilines is 1. The average molecular weight is 256 g/mol. The number of carbonyl (C=O) groups excluding carboxylic acids is 1. The zero-order chi connectivity index (χ0) is 13.1. The molecule has 1 aromatic carbocycles. The predicted molar refractivity (Wildman–Crippen MR) is 62.5 cm³/mol. The number of carbonyl (C=O) groups is 1. The van der Waals surface area contributed by atoms with Crippen LogP contribution in [-0.4, -0.2) is 25.6 Å². The summed E-state index contributed by atoms with van der Waals surface area (Å²) in [5, 5.41) is 0. The van der Waals surface area contributed by atoms with E-state index in [-0.39, 0.29) is 30.4 Å². The van der Waals surface area contributed by atoms with Gasteiger partial charge in [-0.25, -0.2) is 8.78 Å². The van der Waals surface area contributed by atoms with Crippen molar-refractivity contribution in [3.63, 3.8) is 0 Å². The zero-order valence-corrected chi connectivity index (χ0v) is 9.79. The molecule has 0 fully saturated rings. The number of hydrogen-bond acceptors (Lipinski definition) is 3. The fourth-order valence-corrected chi connectivity index (χ4v) is 1.86. The lowest BCUT2D eigenvalue weighted by atomic mass is 10.2. The van der Waals surface area contributed by atoms with Crippen LogP contribution in [0, 0.1) is 11.6 Å². The van der Waals surface area contributed by atoms with Gasteiger partial charge in [0.05, 0.1) is 18.7 Å². The van der Waals surface area contributed by atoms with Gasteiger partial charge < -0.3 is 15.4 Å². The summed E-state index contributed by atoms with van der Waals surface area (Å²) in [6.45, 7) is 0.955. The van der Waals surface area contributed by atoms with Crippen molar-refractivity contribution in [2.24, 2.45) is 5.73 Å². The third-order valence-electron chi connectivity index (χ3n) is 2.75. The molecule has 0 radical (unpaired) electrons. The summed E-state index contributed by atoms with van der Waals surface area (Å²) in [4.78, 5) is 13.3. The van der Waals surface area contributed by atoms with Crippen LogP contribution in [0.2, 0.25) is 0 Å². The number of nitrogens with zero attached hydrogens (tertiary/aromatic N) is 1. The van der Waals surface area contributed by atoms with Crippen LogP contribution >= 0.6 is 0 Å². The molecular weight excluding hydrogens is 242 g/mol. The molecule has 1 aliphatic rings. The highest BCUT2D eigenvalue weighted by atomic mass is 19.2. The Bertz CT molecular complexity index is 466. The van der Waals surface area contributed by atoms with Crippen molar-refractivity contribution in [1.82, 2.24) is 0 Å². The van der Waals surface area contributed by atoms with Crippen LogP contribution < -0.4 is 15.4 Å². The molecule has 0 spiro atoms. The highest BCUT2D eigenvalue weighted by Gasteiger charge is 2.24. The smallest absolute Gasteiger partial charge is 0.230 e. The molecule has 0 atom stereocenters. The predicted octanol–water partition coefficient (Wildman–Crippen LogP) is 1.43. The maximum absolute atomic E-state index is 13.3. The van der Waals surface area contributed by atoms with E-state index in [4.69, 9.17) is 10.5 Å². The molecule has 0 bridgehead atoms. The summed E-state index contributed by atoms with van der Waals surface area (Å²) in [7, 11) is 0. The standard InChI is InChI=1S/C12H14F2N2O2/c13-8-6-10-11(7-9(8)14)18-5-2-12(17)16(10)4-1-3-15/h6-7H,1-5,15H2. The van der Waals surface area contributed by atoms with Gasteiger partial charge in [-0.2, -0.15) is 0 Å². The van der Waals surface area contributed by atoms with Crippen LogP contribution in [0.25, 0.3) is 0 Å². The lowest BCUT2D eigenvalue weighted by Gasteiger charge is -2.21. The molecular formula is C12H14F2N2O2. The molecule has 4 nitrogen and oxygen atoms in total. The summed E-state index contributed by atoms with van der Waals surface area (Å²) < 4.78 is 31.7. The molecule has 0 unspecified atom stereocenters. The van der Waals surface area contributed by atoms with E-state index in [9.17, 15) is 13.6 Å². The monoisotopic (exact) mass is 256 g/mol. The van der Waals surface area contributed by atoms with E-state index >= 15 is 0 Å². The maximum Gasteiger partial charge on any atom is 0.230 e. The molecule has 1 heterocycles. The molecule has 0 aliphatic carbocycles. The number of halogens is 2. The van der Waals surface area contributed by atoms with Crippen molar-refractivity contribution >= 4 is 11.6 Å². The fraction of sp³-hybridized carbons (Fsp3) is 0.417. The summed E-state index contributed by atoms with van der Waals surface area (Å²) in [5.41, 5.74) is 5.67. The van der Waals surface area contributed by atoms with Crippen LogP contribution in [-0.2, 0) is 4.79 Å². The Morgan fingerprint density at radius 3 is 2.78 bits per heavy atom. The third-order valence-corrected chi connectivity index (χ3v) is 2.75. The Hall–Kier alpha value is -1.69. The molecule has 0 saturated carbocycles. The SMILES string of the molecule is NCCCN1C(=O)CCOc2cc(F)c(F)cc21. The number of ether oxygens (including phenoxy) is 1. The molecule has 2 N–H and O–H groups in total. The van der Waals surface area contributed by atoms with Crippen LogP contribution in [0.15, 0.2) is 12.1 Å². The van der Waals surface area contributed by atoms with Gasteiger partial charge in [-0.05, 0) is 13.0 Å². The van der Waals surface area contributed by atoms with Crippen molar-refractivity contribution < 1.29 is 18.3 Å². The first-order valence-corrected chi connectivity index (χ1v) is 5.75. The maximum atomic E-state index is 13.3. The Morgan fingerprint density at radius 2 is 2.06 bits per heavy atom. The molecule has 18 heavy (non-hydrogen) atoms. The summed E-state index contributed by atoms with van der Waals surface area (Å²) in [5.74, 6) is -1.96. The molecule has 1 aliphatic heterocycles. The lowest BCUT2D eigenvalue weighted by molar-refractivity contribution is -0.118. The van der Waals surface area contributed by atoms with Crippen molar-refractivity contribution in [3.05, 3.63) is 23.8 Å². The first-order chi connectivity index (χ1) is 8.63. The minimum atomic E-state index is -0.996. The second-order valence-corrected chi connectivity index (χ2v) is 4.02. The normalized spacial score (nSPS) is 15.1.